The minimum atomic E-state index is -0.796. The van der Waals surface area contributed by atoms with Crippen molar-refractivity contribution in [2.45, 2.75) is 46.2 Å². The molecule has 0 N–H and O–H groups in total. The van der Waals surface area contributed by atoms with Gasteiger partial charge in [-0.1, -0.05) is 13.3 Å². The average molecular weight is 312 g/mol. The van der Waals surface area contributed by atoms with E-state index >= 15 is 0 Å². The monoisotopic (exact) mass is 312 g/mol. The van der Waals surface area contributed by atoms with E-state index in [1.54, 1.807) is 13.8 Å². The molecule has 0 amide bonds. The number of hydrogen-bond acceptors (Lipinski definition) is 7. The van der Waals surface area contributed by atoms with Gasteiger partial charge in [-0.05, 0) is 20.3 Å². The van der Waals surface area contributed by atoms with E-state index in [2.05, 4.69) is 0 Å². The van der Waals surface area contributed by atoms with E-state index in [0.717, 1.165) is 19.1 Å². The molecule has 122 valence electrons. The topological polar surface area (TPSA) is 84.2 Å². The number of esters is 1. The quantitative estimate of drug-likeness (QED) is 0.564. The molecular weight excluding hydrogens is 292 g/mol. The lowest BCUT2D eigenvalue weighted by Crippen LogP contribution is -2.33. The Hall–Kier alpha value is -1.86. The number of carbonyl (C=O) groups is 1. The maximum Gasteiger partial charge on any atom is 0.345 e. The molecule has 1 aromatic rings. The molecule has 0 aromatic carbocycles. The van der Waals surface area contributed by atoms with Crippen molar-refractivity contribution in [1.82, 2.24) is 0 Å². The lowest BCUT2D eigenvalue weighted by molar-refractivity contribution is -0.388. The molecule has 1 aliphatic rings. The van der Waals surface area contributed by atoms with Crippen molar-refractivity contribution in [3.05, 3.63) is 27.8 Å². The van der Waals surface area contributed by atoms with Gasteiger partial charge in [-0.2, -0.15) is 0 Å². The van der Waals surface area contributed by atoms with E-state index in [1.807, 2.05) is 6.92 Å². The van der Waals surface area contributed by atoms with Crippen molar-refractivity contribution in [3.8, 4) is 5.75 Å². The highest BCUT2D eigenvalue weighted by Gasteiger charge is 2.35. The zero-order chi connectivity index (χ0) is 16.1. The number of rotatable bonds is 7. The zero-order valence-corrected chi connectivity index (χ0v) is 12.9. The summed E-state index contributed by atoms with van der Waals surface area (Å²) in [7, 11) is 0. The molecule has 1 aliphatic heterocycles. The molecule has 0 bridgehead atoms. The van der Waals surface area contributed by atoms with Gasteiger partial charge < -0.3 is 23.4 Å². The van der Waals surface area contributed by atoms with Crippen LogP contribution in [0.1, 0.15) is 56.0 Å². The molecule has 0 spiro atoms. The lowest BCUT2D eigenvalue weighted by atomic mass is 10.2. The fourth-order valence-electron chi connectivity index (χ4n) is 1.91. The van der Waals surface area contributed by atoms with E-state index in [0.29, 0.717) is 6.61 Å². The maximum atomic E-state index is 12.4. The summed E-state index contributed by atoms with van der Waals surface area (Å²) in [6.07, 6.45) is 1.56. The van der Waals surface area contributed by atoms with Crippen LogP contribution in [0, 0.1) is 0 Å². The second kappa shape index (κ2) is 7.42. The van der Waals surface area contributed by atoms with Crippen LogP contribution in [0.15, 0.2) is 15.5 Å². The summed E-state index contributed by atoms with van der Waals surface area (Å²) in [4.78, 5) is 24.2. The molecule has 7 heteroatoms. The summed E-state index contributed by atoms with van der Waals surface area (Å²) in [6.45, 7) is 5.88. The Bertz CT molecular complexity index is 572. The average Bonchev–Trinajstić information content (AvgIpc) is 2.46. The van der Waals surface area contributed by atoms with Gasteiger partial charge in [0.2, 0.25) is 23.2 Å². The van der Waals surface area contributed by atoms with Crippen LogP contribution in [0.5, 0.6) is 5.75 Å². The van der Waals surface area contributed by atoms with Crippen molar-refractivity contribution >= 4 is 5.97 Å². The lowest BCUT2D eigenvalue weighted by Gasteiger charge is -2.33. The summed E-state index contributed by atoms with van der Waals surface area (Å²) in [6, 6.07) is 0. The molecule has 1 saturated heterocycles. The Morgan fingerprint density at radius 2 is 2.05 bits per heavy atom. The highest BCUT2D eigenvalue weighted by molar-refractivity contribution is 5.89. The van der Waals surface area contributed by atoms with Gasteiger partial charge in [0.25, 0.3) is 0 Å². The molecule has 7 nitrogen and oxygen atoms in total. The first-order valence-corrected chi connectivity index (χ1v) is 7.35. The third-order valence-corrected chi connectivity index (χ3v) is 3.06. The normalized spacial score (nSPS) is 20.3. The molecule has 0 unspecified atom stereocenters. The summed E-state index contributed by atoms with van der Waals surface area (Å²) in [5.74, 6) is -0.671. The number of unbranched alkanes of at least 4 members (excludes halogenated alkanes) is 1. The Morgan fingerprint density at radius 1 is 1.32 bits per heavy atom. The van der Waals surface area contributed by atoms with Gasteiger partial charge in [0.15, 0.2) is 6.29 Å². The number of hydrogen-bond donors (Lipinski definition) is 0. The maximum absolute atomic E-state index is 12.4. The third-order valence-electron chi connectivity index (χ3n) is 3.06. The first-order valence-electron chi connectivity index (χ1n) is 7.35. The van der Waals surface area contributed by atoms with Crippen molar-refractivity contribution in [3.63, 3.8) is 0 Å². The molecular formula is C15H20O7. The summed E-state index contributed by atoms with van der Waals surface area (Å²) < 4.78 is 26.3. The van der Waals surface area contributed by atoms with Crippen LogP contribution in [0.4, 0.5) is 0 Å². The van der Waals surface area contributed by atoms with Crippen LogP contribution in [0.3, 0.4) is 0 Å². The molecule has 2 heterocycles. The van der Waals surface area contributed by atoms with E-state index in [4.69, 9.17) is 23.4 Å². The molecule has 1 fully saturated rings. The van der Waals surface area contributed by atoms with Gasteiger partial charge in [0, 0.05) is 0 Å². The standard InChI is InChI=1S/C15H20O7/c1-4-6-7-19-12-11(16)10(14(17)18-5-2)8-20-13(12)15-21-9(3)22-15/h8-9,15H,4-7H2,1-3H3. The van der Waals surface area contributed by atoms with Crippen LogP contribution in [-0.2, 0) is 14.2 Å². The first kappa shape index (κ1) is 16.5. The Labute approximate surface area is 128 Å². The van der Waals surface area contributed by atoms with Crippen molar-refractivity contribution in [1.29, 1.82) is 0 Å². The minimum absolute atomic E-state index is 0.0593. The SMILES string of the molecule is CCCCOc1c(C2OC(C)O2)occ(C(=O)OCC)c1=O. The molecule has 0 atom stereocenters. The van der Waals surface area contributed by atoms with Gasteiger partial charge in [-0.15, -0.1) is 0 Å². The predicted octanol–water partition coefficient (Wildman–Crippen LogP) is 2.39. The second-order valence-electron chi connectivity index (χ2n) is 4.77. The van der Waals surface area contributed by atoms with Crippen molar-refractivity contribution < 1.29 is 28.2 Å². The zero-order valence-electron chi connectivity index (χ0n) is 12.9. The van der Waals surface area contributed by atoms with Gasteiger partial charge in [0.1, 0.15) is 11.8 Å². The van der Waals surface area contributed by atoms with Crippen LogP contribution in [-0.4, -0.2) is 25.5 Å². The van der Waals surface area contributed by atoms with Gasteiger partial charge in [0.05, 0.1) is 13.2 Å². The first-order chi connectivity index (χ1) is 10.6. The highest BCUT2D eigenvalue weighted by Crippen LogP contribution is 2.35. The van der Waals surface area contributed by atoms with Gasteiger partial charge >= 0.3 is 5.97 Å². The molecule has 0 saturated carbocycles. The number of ether oxygens (including phenoxy) is 4. The van der Waals surface area contributed by atoms with Crippen LogP contribution in [0.25, 0.3) is 0 Å². The summed E-state index contributed by atoms with van der Waals surface area (Å²) >= 11 is 0. The molecule has 0 aliphatic carbocycles. The molecule has 1 aromatic heterocycles. The molecule has 2 rings (SSSR count). The predicted molar refractivity (Wildman–Crippen MR) is 75.7 cm³/mol. The Morgan fingerprint density at radius 3 is 2.64 bits per heavy atom. The van der Waals surface area contributed by atoms with E-state index < -0.39 is 17.7 Å². The van der Waals surface area contributed by atoms with Crippen LogP contribution < -0.4 is 10.2 Å². The Kier molecular flexibility index (Phi) is 5.57. The van der Waals surface area contributed by atoms with Crippen LogP contribution >= 0.6 is 0 Å². The fourth-order valence-corrected chi connectivity index (χ4v) is 1.91. The summed E-state index contributed by atoms with van der Waals surface area (Å²) in [5.41, 5.74) is -0.785. The van der Waals surface area contributed by atoms with Gasteiger partial charge in [-0.25, -0.2) is 4.79 Å². The molecule has 0 radical (unpaired) electrons. The van der Waals surface area contributed by atoms with E-state index in [-0.39, 0.29) is 30.0 Å². The second-order valence-corrected chi connectivity index (χ2v) is 4.77. The number of carbonyl (C=O) groups excluding carboxylic acids is 1. The van der Waals surface area contributed by atoms with Gasteiger partial charge in [-0.3, -0.25) is 4.79 Å². The third kappa shape index (κ3) is 3.48. The summed E-state index contributed by atoms with van der Waals surface area (Å²) in [5, 5.41) is 0. The fraction of sp³-hybridized carbons (Fsp3) is 0.600. The van der Waals surface area contributed by atoms with E-state index in [9.17, 15) is 9.59 Å². The minimum Gasteiger partial charge on any atom is -0.486 e. The smallest absolute Gasteiger partial charge is 0.345 e. The largest absolute Gasteiger partial charge is 0.486 e. The molecule has 22 heavy (non-hydrogen) atoms. The van der Waals surface area contributed by atoms with Crippen molar-refractivity contribution in [2.24, 2.45) is 0 Å². The highest BCUT2D eigenvalue weighted by atomic mass is 16.9. The Balaban J connectivity index is 2.31. The van der Waals surface area contributed by atoms with E-state index in [1.165, 1.54) is 0 Å². The van der Waals surface area contributed by atoms with Crippen molar-refractivity contribution in [2.75, 3.05) is 13.2 Å². The van der Waals surface area contributed by atoms with Crippen LogP contribution in [0.2, 0.25) is 0 Å².